The maximum Gasteiger partial charge on any atom is 0.271 e. The van der Waals surface area contributed by atoms with Crippen LogP contribution in [0.3, 0.4) is 0 Å². The number of halogens is 1. The lowest BCUT2D eigenvalue weighted by Gasteiger charge is -2.36. The highest BCUT2D eigenvalue weighted by molar-refractivity contribution is 6.31. The zero-order chi connectivity index (χ0) is 23.9. The van der Waals surface area contributed by atoms with Gasteiger partial charge in [0.15, 0.2) is 0 Å². The number of nitro benzene ring substituents is 1. The van der Waals surface area contributed by atoms with Gasteiger partial charge in [0, 0.05) is 34.4 Å². The molecule has 3 saturated heterocycles. The van der Waals surface area contributed by atoms with E-state index >= 15 is 0 Å². The van der Waals surface area contributed by atoms with Crippen molar-refractivity contribution < 1.29 is 24.0 Å². The molecule has 3 fully saturated rings. The molecule has 10 nitrogen and oxygen atoms in total. The number of nitro groups is 1. The molecule has 0 bridgehead atoms. The Balaban J connectivity index is 1.56. The molecule has 0 unspecified atom stereocenters. The van der Waals surface area contributed by atoms with Crippen molar-refractivity contribution in [2.75, 3.05) is 23.9 Å². The Labute approximate surface area is 198 Å². The Kier molecular flexibility index (Phi) is 4.34. The molecule has 4 aliphatic rings. The first-order chi connectivity index (χ1) is 16.3. The van der Waals surface area contributed by atoms with Gasteiger partial charge in [-0.3, -0.25) is 29.4 Å². The van der Waals surface area contributed by atoms with Crippen LogP contribution >= 0.6 is 11.6 Å². The van der Waals surface area contributed by atoms with Crippen LogP contribution in [0.2, 0.25) is 5.02 Å². The summed E-state index contributed by atoms with van der Waals surface area (Å²) in [6, 6.07) is 8.50. The molecule has 2 aromatic carbocycles. The van der Waals surface area contributed by atoms with Crippen LogP contribution in [0.1, 0.15) is 18.4 Å². The molecule has 0 aromatic heterocycles. The van der Waals surface area contributed by atoms with E-state index in [9.17, 15) is 24.5 Å². The van der Waals surface area contributed by atoms with Crippen LogP contribution in [-0.2, 0) is 19.9 Å². The molecule has 2 aromatic rings. The van der Waals surface area contributed by atoms with Gasteiger partial charge in [0.1, 0.15) is 17.0 Å². The van der Waals surface area contributed by atoms with Crippen LogP contribution in [0.5, 0.6) is 5.75 Å². The number of imide groups is 1. The molecular weight excluding hydrogens is 464 g/mol. The summed E-state index contributed by atoms with van der Waals surface area (Å²) in [7, 11) is 1.36. The van der Waals surface area contributed by atoms with Gasteiger partial charge in [-0.2, -0.15) is 0 Å². The predicted octanol–water partition coefficient (Wildman–Crippen LogP) is 2.69. The van der Waals surface area contributed by atoms with Crippen molar-refractivity contribution >= 4 is 46.4 Å². The number of hydrogen-bond acceptors (Lipinski definition) is 7. The molecule has 34 heavy (non-hydrogen) atoms. The minimum atomic E-state index is -1.37. The SMILES string of the molecule is COc1ccc([N+](=O)[O-])cc1N1C(=O)[C@@H]2[C@@H]3CCCN3[C@]3(C(=O)Nc4ccc(Cl)cc43)[C@H]2C1=O. The lowest BCUT2D eigenvalue weighted by molar-refractivity contribution is -0.384. The first-order valence-electron chi connectivity index (χ1n) is 10.9. The van der Waals surface area contributed by atoms with Crippen molar-refractivity contribution in [2.45, 2.75) is 24.4 Å². The van der Waals surface area contributed by atoms with Gasteiger partial charge in [-0.05, 0) is 43.7 Å². The summed E-state index contributed by atoms with van der Waals surface area (Å²) in [5.41, 5.74) is -0.501. The molecule has 3 amide bonds. The number of ether oxygens (including phenoxy) is 1. The van der Waals surface area contributed by atoms with E-state index in [1.165, 1.54) is 19.2 Å². The second-order valence-corrected chi connectivity index (χ2v) is 9.38. The fraction of sp³-hybridized carbons (Fsp3) is 0.348. The van der Waals surface area contributed by atoms with Crippen LogP contribution in [0, 0.1) is 22.0 Å². The second kappa shape index (κ2) is 7.00. The molecule has 4 heterocycles. The van der Waals surface area contributed by atoms with Gasteiger partial charge in [0.2, 0.25) is 17.7 Å². The number of methoxy groups -OCH3 is 1. The fourth-order valence-corrected chi connectivity index (χ4v) is 6.55. The number of carbonyl (C=O) groups excluding carboxylic acids is 3. The van der Waals surface area contributed by atoms with E-state index in [0.29, 0.717) is 29.2 Å². The lowest BCUT2D eigenvalue weighted by atomic mass is 9.75. The number of nitrogens with one attached hydrogen (secondary N) is 1. The fourth-order valence-electron chi connectivity index (χ4n) is 6.38. The van der Waals surface area contributed by atoms with E-state index in [0.717, 1.165) is 17.4 Å². The smallest absolute Gasteiger partial charge is 0.271 e. The lowest BCUT2D eigenvalue weighted by Crippen LogP contribution is -2.54. The Hall–Kier alpha value is -3.50. The van der Waals surface area contributed by atoms with Crippen molar-refractivity contribution in [1.82, 2.24) is 4.90 Å². The summed E-state index contributed by atoms with van der Waals surface area (Å²) in [5, 5.41) is 14.7. The zero-order valence-corrected chi connectivity index (χ0v) is 18.7. The highest BCUT2D eigenvalue weighted by atomic mass is 35.5. The number of rotatable bonds is 3. The molecule has 6 rings (SSSR count). The number of nitrogens with zero attached hydrogens (tertiary/aromatic N) is 3. The number of carbonyl (C=O) groups is 3. The number of benzene rings is 2. The third-order valence-electron chi connectivity index (χ3n) is 7.57. The maximum atomic E-state index is 14.0. The normalized spacial score (nSPS) is 29.4. The van der Waals surface area contributed by atoms with Gasteiger partial charge in [0.25, 0.3) is 5.69 Å². The van der Waals surface area contributed by atoms with Gasteiger partial charge in [0.05, 0.1) is 23.9 Å². The quantitative estimate of drug-likeness (QED) is 0.405. The molecule has 1 spiro atoms. The van der Waals surface area contributed by atoms with E-state index in [2.05, 4.69) is 5.32 Å². The minimum Gasteiger partial charge on any atom is -0.495 e. The molecule has 0 aliphatic carbocycles. The standard InChI is InChI=1S/C23H19ClN4O6/c1-34-17-7-5-12(28(32)33)10-16(17)27-20(29)18-15-3-2-8-26(15)23(19(18)21(27)30)13-9-11(24)4-6-14(13)25-22(23)31/h4-7,9-10,15,18-19H,2-3,8H2,1H3,(H,25,31)/t15-,18+,19+,23-/m0/s1. The maximum absolute atomic E-state index is 14.0. The van der Waals surface area contributed by atoms with Crippen molar-refractivity contribution in [1.29, 1.82) is 0 Å². The molecule has 4 atom stereocenters. The molecule has 174 valence electrons. The summed E-state index contributed by atoms with van der Waals surface area (Å²) in [4.78, 5) is 55.2. The Morgan fingerprint density at radius 2 is 1.97 bits per heavy atom. The van der Waals surface area contributed by atoms with Gasteiger partial charge in [-0.15, -0.1) is 0 Å². The topological polar surface area (TPSA) is 122 Å². The van der Waals surface area contributed by atoms with Crippen LogP contribution in [0.15, 0.2) is 36.4 Å². The molecule has 1 N–H and O–H groups in total. The summed E-state index contributed by atoms with van der Waals surface area (Å²) < 4.78 is 5.33. The predicted molar refractivity (Wildman–Crippen MR) is 121 cm³/mol. The number of amides is 3. The second-order valence-electron chi connectivity index (χ2n) is 8.94. The summed E-state index contributed by atoms with van der Waals surface area (Å²) in [6.07, 6.45) is 1.44. The number of anilines is 2. The first kappa shape index (κ1) is 21.1. The van der Waals surface area contributed by atoms with Gasteiger partial charge in [-0.25, -0.2) is 4.90 Å². The van der Waals surface area contributed by atoms with Crippen LogP contribution in [-0.4, -0.2) is 47.2 Å². The molecule has 4 aliphatic heterocycles. The number of fused-ring (bicyclic) bond motifs is 7. The van der Waals surface area contributed by atoms with Crippen LogP contribution < -0.4 is 15.0 Å². The Morgan fingerprint density at radius 3 is 2.71 bits per heavy atom. The Morgan fingerprint density at radius 1 is 1.18 bits per heavy atom. The highest BCUT2D eigenvalue weighted by Gasteiger charge is 2.74. The van der Waals surface area contributed by atoms with Crippen molar-refractivity contribution in [3.8, 4) is 5.75 Å². The monoisotopic (exact) mass is 482 g/mol. The van der Waals surface area contributed by atoms with E-state index in [1.54, 1.807) is 18.2 Å². The van der Waals surface area contributed by atoms with Gasteiger partial charge < -0.3 is 10.1 Å². The third-order valence-corrected chi connectivity index (χ3v) is 7.80. The number of hydrogen-bond donors (Lipinski definition) is 1. The van der Waals surface area contributed by atoms with Gasteiger partial charge >= 0.3 is 0 Å². The van der Waals surface area contributed by atoms with E-state index in [-0.39, 0.29) is 29.1 Å². The summed E-state index contributed by atoms with van der Waals surface area (Å²) in [6.45, 7) is 0.567. The van der Waals surface area contributed by atoms with E-state index in [1.807, 2.05) is 4.90 Å². The summed E-state index contributed by atoms with van der Waals surface area (Å²) in [5.74, 6) is -3.03. The molecule has 0 radical (unpaired) electrons. The molecule has 11 heteroatoms. The van der Waals surface area contributed by atoms with Crippen LogP contribution in [0.4, 0.5) is 17.1 Å². The van der Waals surface area contributed by atoms with E-state index < -0.39 is 34.1 Å². The average molecular weight is 483 g/mol. The highest BCUT2D eigenvalue weighted by Crippen LogP contribution is 2.61. The molecule has 0 saturated carbocycles. The first-order valence-corrected chi connectivity index (χ1v) is 11.3. The van der Waals surface area contributed by atoms with Crippen molar-refractivity contribution in [2.24, 2.45) is 11.8 Å². The van der Waals surface area contributed by atoms with Crippen molar-refractivity contribution in [3.05, 3.63) is 57.1 Å². The largest absolute Gasteiger partial charge is 0.495 e. The van der Waals surface area contributed by atoms with E-state index in [4.69, 9.17) is 16.3 Å². The minimum absolute atomic E-state index is 0.00511. The third kappa shape index (κ3) is 2.41. The zero-order valence-electron chi connectivity index (χ0n) is 18.0. The van der Waals surface area contributed by atoms with Gasteiger partial charge in [-0.1, -0.05) is 11.6 Å². The average Bonchev–Trinajstić information content (AvgIpc) is 3.52. The number of non-ortho nitro benzene ring substituents is 1. The summed E-state index contributed by atoms with van der Waals surface area (Å²) >= 11 is 6.29. The Bertz CT molecular complexity index is 1310. The molecular formula is C23H19ClN4O6. The van der Waals surface area contributed by atoms with Crippen molar-refractivity contribution in [3.63, 3.8) is 0 Å². The van der Waals surface area contributed by atoms with Crippen LogP contribution in [0.25, 0.3) is 0 Å².